The Morgan fingerprint density at radius 3 is 1.41 bits per heavy atom. The zero-order valence-corrected chi connectivity index (χ0v) is 12.6. The SMILES string of the molecule is O=S(Cc1ccccc1)Cc1ccccc1.[Eu+3]. The van der Waals surface area contributed by atoms with Crippen LogP contribution in [0, 0.1) is 49.4 Å². The fraction of sp³-hybridized carbons (Fsp3) is 0.143. The van der Waals surface area contributed by atoms with Crippen molar-refractivity contribution in [2.24, 2.45) is 0 Å². The van der Waals surface area contributed by atoms with Gasteiger partial charge >= 0.3 is 49.4 Å². The molecule has 0 spiro atoms. The van der Waals surface area contributed by atoms with E-state index >= 15 is 0 Å². The quantitative estimate of drug-likeness (QED) is 0.794. The monoisotopic (exact) mass is 383 g/mol. The molecule has 0 amide bonds. The average molecular weight is 382 g/mol. The summed E-state index contributed by atoms with van der Waals surface area (Å²) in [6.45, 7) is 0. The number of hydrogen-bond acceptors (Lipinski definition) is 1. The van der Waals surface area contributed by atoms with E-state index in [1.165, 1.54) is 0 Å². The number of rotatable bonds is 4. The van der Waals surface area contributed by atoms with E-state index in [0.29, 0.717) is 11.5 Å². The fourth-order valence-electron chi connectivity index (χ4n) is 1.57. The average Bonchev–Trinajstić information content (AvgIpc) is 2.31. The Kier molecular flexibility index (Phi) is 7.44. The summed E-state index contributed by atoms with van der Waals surface area (Å²) in [4.78, 5) is 0. The molecule has 86 valence electrons. The Hall–Kier alpha value is 0.174. The largest absolute Gasteiger partial charge is 3.00 e. The van der Waals surface area contributed by atoms with Gasteiger partial charge < -0.3 is 0 Å². The molecule has 0 aliphatic heterocycles. The third kappa shape index (κ3) is 5.56. The Morgan fingerprint density at radius 1 is 0.706 bits per heavy atom. The van der Waals surface area contributed by atoms with Crippen molar-refractivity contribution in [2.45, 2.75) is 11.5 Å². The number of hydrogen-bond donors (Lipinski definition) is 0. The second-order valence-electron chi connectivity index (χ2n) is 3.70. The molecule has 0 heterocycles. The predicted molar refractivity (Wildman–Crippen MR) is 68.4 cm³/mol. The van der Waals surface area contributed by atoms with Crippen molar-refractivity contribution in [1.29, 1.82) is 0 Å². The molecule has 0 atom stereocenters. The summed E-state index contributed by atoms with van der Waals surface area (Å²) in [5.41, 5.74) is 2.27. The normalized spacial score (nSPS) is 9.94. The van der Waals surface area contributed by atoms with Gasteiger partial charge in [0.25, 0.3) is 0 Å². The molecule has 0 radical (unpaired) electrons. The van der Waals surface area contributed by atoms with Gasteiger partial charge in [-0.15, -0.1) is 0 Å². The van der Waals surface area contributed by atoms with Gasteiger partial charge in [-0.25, -0.2) is 0 Å². The van der Waals surface area contributed by atoms with Crippen LogP contribution < -0.4 is 0 Å². The summed E-state index contributed by atoms with van der Waals surface area (Å²) >= 11 is 0. The molecule has 0 saturated carbocycles. The summed E-state index contributed by atoms with van der Waals surface area (Å²) in [6, 6.07) is 19.9. The van der Waals surface area contributed by atoms with Crippen molar-refractivity contribution < 1.29 is 53.6 Å². The molecule has 2 rings (SSSR count). The fourth-order valence-corrected chi connectivity index (χ4v) is 2.80. The summed E-state index contributed by atoms with van der Waals surface area (Å²) in [5.74, 6) is 1.27. The molecular formula is C14H14EuOS+3. The first-order valence-electron chi connectivity index (χ1n) is 5.27. The maximum Gasteiger partial charge on any atom is 3.00 e. The van der Waals surface area contributed by atoms with Gasteiger partial charge in [0.15, 0.2) is 0 Å². The van der Waals surface area contributed by atoms with E-state index in [0.717, 1.165) is 11.1 Å². The Morgan fingerprint density at radius 2 is 1.06 bits per heavy atom. The minimum Gasteiger partial charge on any atom is -0.259 e. The van der Waals surface area contributed by atoms with Gasteiger partial charge in [0.05, 0.1) is 0 Å². The first-order chi connectivity index (χ1) is 7.84. The van der Waals surface area contributed by atoms with E-state index in [1.54, 1.807) is 0 Å². The van der Waals surface area contributed by atoms with Crippen LogP contribution in [0.3, 0.4) is 0 Å². The minimum atomic E-state index is -0.822. The van der Waals surface area contributed by atoms with Crippen molar-refractivity contribution in [2.75, 3.05) is 0 Å². The molecule has 0 aliphatic carbocycles. The zero-order valence-electron chi connectivity index (χ0n) is 9.38. The van der Waals surface area contributed by atoms with Crippen LogP contribution in [0.2, 0.25) is 0 Å². The maximum atomic E-state index is 11.9. The molecule has 0 aromatic heterocycles. The van der Waals surface area contributed by atoms with Crippen LogP contribution in [0.1, 0.15) is 11.1 Å². The van der Waals surface area contributed by atoms with Gasteiger partial charge in [0.2, 0.25) is 0 Å². The van der Waals surface area contributed by atoms with Crippen molar-refractivity contribution in [1.82, 2.24) is 0 Å². The van der Waals surface area contributed by atoms with Crippen LogP contribution in [0.15, 0.2) is 60.7 Å². The second kappa shape index (κ2) is 8.31. The third-order valence-corrected chi connectivity index (χ3v) is 3.65. The zero-order chi connectivity index (χ0) is 11.2. The summed E-state index contributed by atoms with van der Waals surface area (Å²) in [5, 5.41) is 0. The van der Waals surface area contributed by atoms with Crippen molar-refractivity contribution in [3.05, 3.63) is 71.8 Å². The molecule has 17 heavy (non-hydrogen) atoms. The molecule has 2 aromatic carbocycles. The molecule has 0 bridgehead atoms. The van der Waals surface area contributed by atoms with Gasteiger partial charge in [-0.2, -0.15) is 0 Å². The van der Waals surface area contributed by atoms with Gasteiger partial charge in [0.1, 0.15) is 0 Å². The van der Waals surface area contributed by atoms with E-state index in [9.17, 15) is 4.21 Å². The van der Waals surface area contributed by atoms with Crippen LogP contribution in [0.5, 0.6) is 0 Å². The Balaban J connectivity index is 0.00000144. The van der Waals surface area contributed by atoms with Crippen molar-refractivity contribution in [3.63, 3.8) is 0 Å². The van der Waals surface area contributed by atoms with E-state index in [4.69, 9.17) is 0 Å². The van der Waals surface area contributed by atoms with Crippen LogP contribution in [-0.4, -0.2) is 4.21 Å². The summed E-state index contributed by atoms with van der Waals surface area (Å²) in [7, 11) is -0.822. The molecule has 0 fully saturated rings. The maximum absolute atomic E-state index is 11.9. The van der Waals surface area contributed by atoms with Gasteiger partial charge in [-0.1, -0.05) is 60.7 Å². The van der Waals surface area contributed by atoms with E-state index in [1.807, 2.05) is 60.7 Å². The van der Waals surface area contributed by atoms with Gasteiger partial charge in [0, 0.05) is 22.3 Å². The molecule has 1 nitrogen and oxygen atoms in total. The van der Waals surface area contributed by atoms with Crippen LogP contribution in [-0.2, 0) is 22.3 Å². The van der Waals surface area contributed by atoms with Crippen molar-refractivity contribution >= 4 is 10.8 Å². The van der Waals surface area contributed by atoms with E-state index in [-0.39, 0.29) is 49.4 Å². The Bertz CT molecular complexity index is 413. The first-order valence-corrected chi connectivity index (χ1v) is 6.76. The number of benzene rings is 2. The Labute approximate surface area is 146 Å². The van der Waals surface area contributed by atoms with Crippen LogP contribution in [0.25, 0.3) is 0 Å². The molecular weight excluding hydrogens is 368 g/mol. The topological polar surface area (TPSA) is 17.1 Å². The minimum absolute atomic E-state index is 0. The molecule has 0 N–H and O–H groups in total. The molecule has 0 aliphatic rings. The standard InChI is InChI=1S/C14H14OS.Eu/c15-16(11-13-7-3-1-4-8-13)12-14-9-5-2-6-10-14;/h1-10H,11-12H2;/q;+3. The molecule has 2 aromatic rings. The third-order valence-electron chi connectivity index (χ3n) is 2.34. The van der Waals surface area contributed by atoms with Crippen LogP contribution >= 0.6 is 0 Å². The van der Waals surface area contributed by atoms with E-state index in [2.05, 4.69) is 0 Å². The van der Waals surface area contributed by atoms with Gasteiger partial charge in [-0.3, -0.25) is 4.21 Å². The van der Waals surface area contributed by atoms with Crippen molar-refractivity contribution in [3.8, 4) is 0 Å². The van der Waals surface area contributed by atoms with Gasteiger partial charge in [-0.05, 0) is 11.1 Å². The summed E-state index contributed by atoms with van der Waals surface area (Å²) < 4.78 is 11.9. The van der Waals surface area contributed by atoms with Crippen LogP contribution in [0.4, 0.5) is 0 Å². The van der Waals surface area contributed by atoms with E-state index < -0.39 is 10.8 Å². The second-order valence-corrected chi connectivity index (χ2v) is 5.16. The smallest absolute Gasteiger partial charge is 0.259 e. The molecule has 0 unspecified atom stereocenters. The molecule has 3 heteroatoms. The molecule has 0 saturated heterocycles. The summed E-state index contributed by atoms with van der Waals surface area (Å²) in [6.07, 6.45) is 0. The first kappa shape index (κ1) is 15.2. The predicted octanol–water partition coefficient (Wildman–Crippen LogP) is 3.14.